The molecule has 4 rings (SSSR count). The Morgan fingerprint density at radius 1 is 0.812 bits per heavy atom. The van der Waals surface area contributed by atoms with Crippen molar-refractivity contribution in [3.8, 4) is 10.6 Å². The van der Waals surface area contributed by atoms with Crippen LogP contribution < -0.4 is 11.5 Å². The van der Waals surface area contributed by atoms with E-state index in [2.05, 4.69) is 30.7 Å². The van der Waals surface area contributed by atoms with Gasteiger partial charge in [0.25, 0.3) is 10.8 Å². The Labute approximate surface area is 185 Å². The predicted molar refractivity (Wildman–Crippen MR) is 122 cm³/mol. The molecule has 4 N–H and O–H groups in total. The third-order valence-corrected chi connectivity index (χ3v) is 5.02. The van der Waals surface area contributed by atoms with Gasteiger partial charge in [-0.15, -0.1) is 25.5 Å². The van der Waals surface area contributed by atoms with Crippen molar-refractivity contribution >= 4 is 50.6 Å². The summed E-state index contributed by atoms with van der Waals surface area (Å²) in [6.07, 6.45) is 0. The van der Waals surface area contributed by atoms with Crippen molar-refractivity contribution < 1.29 is 4.92 Å². The molecule has 12 heteroatoms. The SMILES string of the molecule is Nc1ccc(N=Nc2ccc(N=Nc3nnc(-c4ccc([N+](=O)[O-])cc4)s3)cc2)c(N)c1. The van der Waals surface area contributed by atoms with Crippen LogP contribution in [0.4, 0.5) is 39.3 Å². The summed E-state index contributed by atoms with van der Waals surface area (Å²) < 4.78 is 0. The van der Waals surface area contributed by atoms with Gasteiger partial charge in [-0.2, -0.15) is 5.11 Å². The van der Waals surface area contributed by atoms with Crippen LogP contribution in [0.15, 0.2) is 87.2 Å². The maximum atomic E-state index is 10.8. The normalized spacial score (nSPS) is 11.4. The van der Waals surface area contributed by atoms with E-state index in [4.69, 9.17) is 11.5 Å². The van der Waals surface area contributed by atoms with Crippen molar-refractivity contribution in [2.45, 2.75) is 0 Å². The zero-order valence-corrected chi connectivity index (χ0v) is 17.2. The lowest BCUT2D eigenvalue weighted by molar-refractivity contribution is -0.384. The summed E-state index contributed by atoms with van der Waals surface area (Å²) in [4.78, 5) is 10.3. The summed E-state index contributed by atoms with van der Waals surface area (Å²) >= 11 is 1.22. The third kappa shape index (κ3) is 4.94. The van der Waals surface area contributed by atoms with Gasteiger partial charge in [-0.3, -0.25) is 10.1 Å². The fourth-order valence-corrected chi connectivity index (χ4v) is 3.23. The van der Waals surface area contributed by atoms with E-state index < -0.39 is 4.92 Å². The second-order valence-electron chi connectivity index (χ2n) is 6.43. The van der Waals surface area contributed by atoms with Gasteiger partial charge in [0, 0.05) is 23.4 Å². The highest BCUT2D eigenvalue weighted by Gasteiger charge is 2.09. The molecule has 0 amide bonds. The first-order chi connectivity index (χ1) is 15.5. The van der Waals surface area contributed by atoms with Crippen LogP contribution in [0.2, 0.25) is 0 Å². The number of non-ortho nitro benzene ring substituents is 1. The van der Waals surface area contributed by atoms with Crippen LogP contribution in [0.1, 0.15) is 0 Å². The summed E-state index contributed by atoms with van der Waals surface area (Å²) in [5, 5.41) is 36.2. The van der Waals surface area contributed by atoms with Crippen LogP contribution in [-0.4, -0.2) is 15.1 Å². The molecule has 0 fully saturated rings. The minimum Gasteiger partial charge on any atom is -0.399 e. The summed E-state index contributed by atoms with van der Waals surface area (Å²) in [6, 6.07) is 18.1. The number of benzene rings is 3. The lowest BCUT2D eigenvalue weighted by atomic mass is 10.2. The van der Waals surface area contributed by atoms with Gasteiger partial charge in [-0.25, -0.2) is 0 Å². The van der Waals surface area contributed by atoms with E-state index in [1.54, 1.807) is 54.6 Å². The molecular weight excluding hydrogens is 430 g/mol. The second-order valence-corrected chi connectivity index (χ2v) is 7.38. The molecule has 0 unspecified atom stereocenters. The predicted octanol–water partition coefficient (Wildman–Crippen LogP) is 6.11. The number of hydrogen-bond donors (Lipinski definition) is 2. The monoisotopic (exact) mass is 445 g/mol. The summed E-state index contributed by atoms with van der Waals surface area (Å²) in [5.41, 5.74) is 15.0. The molecule has 0 spiro atoms. The molecule has 1 aromatic heterocycles. The Kier molecular flexibility index (Phi) is 5.85. The Morgan fingerprint density at radius 2 is 1.47 bits per heavy atom. The quantitative estimate of drug-likeness (QED) is 0.157. The molecule has 0 radical (unpaired) electrons. The first kappa shape index (κ1) is 20.7. The number of nitrogens with two attached hydrogens (primary N) is 2. The van der Waals surface area contributed by atoms with Gasteiger partial charge in [0.05, 0.1) is 22.0 Å². The highest BCUT2D eigenvalue weighted by Crippen LogP contribution is 2.31. The van der Waals surface area contributed by atoms with Crippen molar-refractivity contribution in [3.63, 3.8) is 0 Å². The Morgan fingerprint density at radius 3 is 2.09 bits per heavy atom. The Bertz CT molecular complexity index is 1320. The summed E-state index contributed by atoms with van der Waals surface area (Å²) in [6.45, 7) is 0. The largest absolute Gasteiger partial charge is 0.399 e. The first-order valence-corrected chi connectivity index (χ1v) is 9.96. The number of aromatic nitrogens is 2. The van der Waals surface area contributed by atoms with Crippen molar-refractivity contribution in [2.24, 2.45) is 20.5 Å². The molecule has 0 aliphatic rings. The van der Waals surface area contributed by atoms with Gasteiger partial charge in [0.15, 0.2) is 0 Å². The van der Waals surface area contributed by atoms with E-state index in [1.165, 1.54) is 23.5 Å². The second kappa shape index (κ2) is 9.06. The van der Waals surface area contributed by atoms with Crippen LogP contribution in [-0.2, 0) is 0 Å². The van der Waals surface area contributed by atoms with Crippen LogP contribution in [0, 0.1) is 10.1 Å². The van der Waals surface area contributed by atoms with E-state index in [-0.39, 0.29) is 5.69 Å². The van der Waals surface area contributed by atoms with E-state index in [0.29, 0.717) is 44.1 Å². The fourth-order valence-electron chi connectivity index (χ4n) is 2.56. The highest BCUT2D eigenvalue weighted by molar-refractivity contribution is 7.18. The van der Waals surface area contributed by atoms with Gasteiger partial charge in [-0.1, -0.05) is 11.3 Å². The van der Waals surface area contributed by atoms with Gasteiger partial charge in [0.2, 0.25) is 0 Å². The van der Waals surface area contributed by atoms with E-state index in [1.807, 2.05) is 0 Å². The fraction of sp³-hybridized carbons (Fsp3) is 0. The lowest BCUT2D eigenvalue weighted by Gasteiger charge is -2.00. The zero-order chi connectivity index (χ0) is 22.5. The molecule has 32 heavy (non-hydrogen) atoms. The molecule has 0 atom stereocenters. The molecular formula is C20H15N9O2S. The average molecular weight is 445 g/mol. The molecule has 0 saturated heterocycles. The summed E-state index contributed by atoms with van der Waals surface area (Å²) in [5.74, 6) is 0. The Hall–Kier alpha value is -4.58. The molecule has 0 bridgehead atoms. The highest BCUT2D eigenvalue weighted by atomic mass is 32.1. The Balaban J connectivity index is 1.42. The molecule has 158 valence electrons. The van der Waals surface area contributed by atoms with Crippen LogP contribution >= 0.6 is 11.3 Å². The lowest BCUT2D eigenvalue weighted by Crippen LogP contribution is -1.89. The molecule has 4 aromatic rings. The standard InChI is InChI=1S/C20H15N9O2S/c21-13-3-10-18(17(22)11-13)25-23-14-4-6-15(7-5-14)24-27-20-28-26-19(32-20)12-1-8-16(9-2-12)29(30)31/h1-11H,21-22H2. The van der Waals surface area contributed by atoms with Gasteiger partial charge < -0.3 is 11.5 Å². The number of nitro benzene ring substituents is 1. The zero-order valence-electron chi connectivity index (χ0n) is 16.4. The molecule has 0 aliphatic heterocycles. The third-order valence-electron chi connectivity index (χ3n) is 4.16. The molecule has 0 aliphatic carbocycles. The number of anilines is 2. The van der Waals surface area contributed by atoms with Crippen LogP contribution in [0.5, 0.6) is 0 Å². The van der Waals surface area contributed by atoms with Crippen LogP contribution in [0.3, 0.4) is 0 Å². The van der Waals surface area contributed by atoms with Crippen molar-refractivity contribution in [1.82, 2.24) is 10.2 Å². The van der Waals surface area contributed by atoms with E-state index in [9.17, 15) is 10.1 Å². The number of hydrogen-bond acceptors (Lipinski definition) is 11. The molecule has 1 heterocycles. The molecule has 11 nitrogen and oxygen atoms in total. The number of nitrogen functional groups attached to an aromatic ring is 2. The number of nitrogens with zero attached hydrogens (tertiary/aromatic N) is 7. The average Bonchev–Trinajstić information content (AvgIpc) is 3.27. The smallest absolute Gasteiger partial charge is 0.269 e. The number of rotatable bonds is 6. The maximum absolute atomic E-state index is 10.8. The number of azo groups is 2. The van der Waals surface area contributed by atoms with Gasteiger partial charge in [-0.05, 0) is 54.6 Å². The topological polar surface area (TPSA) is 170 Å². The minimum absolute atomic E-state index is 0.0121. The van der Waals surface area contributed by atoms with Gasteiger partial charge in [0.1, 0.15) is 10.7 Å². The van der Waals surface area contributed by atoms with Crippen molar-refractivity contribution in [1.29, 1.82) is 0 Å². The molecule has 0 saturated carbocycles. The molecule has 3 aromatic carbocycles. The minimum atomic E-state index is -0.455. The van der Waals surface area contributed by atoms with Crippen LogP contribution in [0.25, 0.3) is 10.6 Å². The number of nitro groups is 1. The first-order valence-electron chi connectivity index (χ1n) is 9.15. The van der Waals surface area contributed by atoms with Crippen molar-refractivity contribution in [2.75, 3.05) is 11.5 Å². The van der Waals surface area contributed by atoms with E-state index in [0.717, 1.165) is 0 Å². The van der Waals surface area contributed by atoms with Gasteiger partial charge >= 0.3 is 0 Å². The van der Waals surface area contributed by atoms with E-state index >= 15 is 0 Å². The maximum Gasteiger partial charge on any atom is 0.269 e. The summed E-state index contributed by atoms with van der Waals surface area (Å²) in [7, 11) is 0. The van der Waals surface area contributed by atoms with Crippen molar-refractivity contribution in [3.05, 3.63) is 76.8 Å².